The summed E-state index contributed by atoms with van der Waals surface area (Å²) in [7, 11) is 1.65. The molecule has 0 aromatic heterocycles. The van der Waals surface area contributed by atoms with Gasteiger partial charge in [0.2, 0.25) is 11.8 Å². The molecule has 1 saturated heterocycles. The SMILES string of the molecule is CN1C(=O)C(CC(=O)Nc2ccc(Br)cc2)SC1=Nc1ccccc1Cl. The van der Waals surface area contributed by atoms with Crippen molar-refractivity contribution in [2.24, 2.45) is 4.99 Å². The smallest absolute Gasteiger partial charge is 0.242 e. The van der Waals surface area contributed by atoms with Gasteiger partial charge in [-0.3, -0.25) is 14.5 Å². The Morgan fingerprint density at radius 3 is 2.65 bits per heavy atom. The van der Waals surface area contributed by atoms with Gasteiger partial charge >= 0.3 is 0 Å². The Bertz CT molecular complexity index is 873. The molecule has 1 atom stereocenters. The van der Waals surface area contributed by atoms with Crippen molar-refractivity contribution >= 4 is 67.6 Å². The molecule has 8 heteroatoms. The third-order valence-electron chi connectivity index (χ3n) is 3.71. The number of carbonyl (C=O) groups excluding carboxylic acids is 2. The zero-order valence-electron chi connectivity index (χ0n) is 13.8. The summed E-state index contributed by atoms with van der Waals surface area (Å²) >= 11 is 10.7. The van der Waals surface area contributed by atoms with Gasteiger partial charge in [-0.05, 0) is 36.4 Å². The third kappa shape index (κ3) is 4.47. The summed E-state index contributed by atoms with van der Waals surface area (Å²) in [6.45, 7) is 0. The van der Waals surface area contributed by atoms with Crippen LogP contribution in [-0.2, 0) is 9.59 Å². The van der Waals surface area contributed by atoms with Crippen LogP contribution < -0.4 is 5.32 Å². The van der Waals surface area contributed by atoms with E-state index < -0.39 is 5.25 Å². The number of nitrogens with one attached hydrogen (secondary N) is 1. The minimum Gasteiger partial charge on any atom is -0.326 e. The number of nitrogens with zero attached hydrogens (tertiary/aromatic N) is 2. The topological polar surface area (TPSA) is 61.8 Å². The molecule has 0 aliphatic carbocycles. The second-order valence-corrected chi connectivity index (χ2v) is 8.10. The van der Waals surface area contributed by atoms with Gasteiger partial charge < -0.3 is 5.32 Å². The fourth-order valence-electron chi connectivity index (χ4n) is 2.36. The standard InChI is InChI=1S/C18H15BrClN3O2S/c1-23-17(25)15(10-16(24)21-12-8-6-11(19)7-9-12)26-18(23)22-14-5-3-2-4-13(14)20/h2-9,15H,10H2,1H3,(H,21,24). The number of para-hydroxylation sites is 1. The van der Waals surface area contributed by atoms with Crippen LogP contribution in [0.4, 0.5) is 11.4 Å². The number of hydrogen-bond donors (Lipinski definition) is 1. The van der Waals surface area contributed by atoms with E-state index >= 15 is 0 Å². The summed E-state index contributed by atoms with van der Waals surface area (Å²) < 4.78 is 0.930. The van der Waals surface area contributed by atoms with E-state index in [9.17, 15) is 9.59 Å². The number of amidine groups is 1. The Morgan fingerprint density at radius 1 is 1.27 bits per heavy atom. The van der Waals surface area contributed by atoms with Crippen molar-refractivity contribution in [2.75, 3.05) is 12.4 Å². The zero-order valence-corrected chi connectivity index (χ0v) is 16.9. The molecule has 1 N–H and O–H groups in total. The highest BCUT2D eigenvalue weighted by Crippen LogP contribution is 2.33. The first-order valence-corrected chi connectivity index (χ1v) is 9.82. The number of benzene rings is 2. The van der Waals surface area contributed by atoms with Crippen LogP contribution in [-0.4, -0.2) is 34.2 Å². The summed E-state index contributed by atoms with van der Waals surface area (Å²) in [6, 6.07) is 14.4. The monoisotopic (exact) mass is 451 g/mol. The molecule has 0 bridgehead atoms. The highest BCUT2D eigenvalue weighted by atomic mass is 79.9. The normalized spacial score (nSPS) is 18.4. The minimum absolute atomic E-state index is 0.0748. The van der Waals surface area contributed by atoms with Crippen LogP contribution in [0.3, 0.4) is 0 Å². The maximum absolute atomic E-state index is 12.4. The molecule has 0 saturated carbocycles. The Labute approximate surface area is 168 Å². The third-order valence-corrected chi connectivity index (χ3v) is 5.78. The summed E-state index contributed by atoms with van der Waals surface area (Å²) in [5, 5.41) is 3.34. The molecule has 1 heterocycles. The molecule has 0 spiro atoms. The lowest BCUT2D eigenvalue weighted by Crippen LogP contribution is -2.30. The van der Waals surface area contributed by atoms with Gasteiger partial charge in [-0.15, -0.1) is 0 Å². The van der Waals surface area contributed by atoms with Crippen LogP contribution in [0.5, 0.6) is 0 Å². The molecular weight excluding hydrogens is 438 g/mol. The first-order valence-electron chi connectivity index (χ1n) is 7.77. The van der Waals surface area contributed by atoms with Crippen molar-refractivity contribution in [3.8, 4) is 0 Å². The predicted molar refractivity (Wildman–Crippen MR) is 110 cm³/mol. The molecule has 1 unspecified atom stereocenters. The van der Waals surface area contributed by atoms with Gasteiger partial charge in [0.25, 0.3) is 0 Å². The molecule has 2 amide bonds. The fourth-order valence-corrected chi connectivity index (χ4v) is 3.95. The molecule has 1 aliphatic rings. The van der Waals surface area contributed by atoms with Crippen LogP contribution in [0.15, 0.2) is 58.0 Å². The first kappa shape index (κ1) is 18.9. The number of rotatable bonds is 4. The molecule has 134 valence electrons. The van der Waals surface area contributed by atoms with Crippen molar-refractivity contribution < 1.29 is 9.59 Å². The van der Waals surface area contributed by atoms with Gasteiger partial charge in [-0.2, -0.15) is 0 Å². The van der Waals surface area contributed by atoms with Crippen LogP contribution in [0.25, 0.3) is 0 Å². The molecular formula is C18H15BrClN3O2S. The number of aliphatic imine (C=N–C) groups is 1. The van der Waals surface area contributed by atoms with Gasteiger partial charge in [0.05, 0.1) is 10.7 Å². The summed E-state index contributed by atoms with van der Waals surface area (Å²) in [6.07, 6.45) is 0.0748. The van der Waals surface area contributed by atoms with Crippen molar-refractivity contribution in [1.29, 1.82) is 0 Å². The van der Waals surface area contributed by atoms with Crippen LogP contribution in [0, 0.1) is 0 Å². The summed E-state index contributed by atoms with van der Waals surface area (Å²) in [5.74, 6) is -0.364. The van der Waals surface area contributed by atoms with Crippen LogP contribution >= 0.6 is 39.3 Å². The predicted octanol–water partition coefficient (Wildman–Crippen LogP) is 4.69. The van der Waals surface area contributed by atoms with E-state index in [-0.39, 0.29) is 18.2 Å². The summed E-state index contributed by atoms with van der Waals surface area (Å²) in [4.78, 5) is 30.6. The Morgan fingerprint density at radius 2 is 1.96 bits per heavy atom. The molecule has 26 heavy (non-hydrogen) atoms. The Hall–Kier alpha value is -1.83. The number of carbonyl (C=O) groups is 2. The van der Waals surface area contributed by atoms with E-state index in [2.05, 4.69) is 26.2 Å². The molecule has 0 radical (unpaired) electrons. The summed E-state index contributed by atoms with van der Waals surface area (Å²) in [5.41, 5.74) is 1.28. The van der Waals surface area contributed by atoms with Gasteiger partial charge in [0, 0.05) is 23.6 Å². The van der Waals surface area contributed by atoms with Crippen molar-refractivity contribution in [3.05, 3.63) is 58.0 Å². The molecule has 2 aromatic carbocycles. The lowest BCUT2D eigenvalue weighted by atomic mass is 10.2. The van der Waals surface area contributed by atoms with Crippen molar-refractivity contribution in [1.82, 2.24) is 4.90 Å². The lowest BCUT2D eigenvalue weighted by Gasteiger charge is -2.09. The average molecular weight is 453 g/mol. The molecule has 2 aromatic rings. The van der Waals surface area contributed by atoms with Gasteiger partial charge in [-0.1, -0.05) is 51.4 Å². The first-order chi connectivity index (χ1) is 12.4. The number of halogens is 2. The highest BCUT2D eigenvalue weighted by Gasteiger charge is 2.37. The lowest BCUT2D eigenvalue weighted by molar-refractivity contribution is -0.127. The van der Waals surface area contributed by atoms with E-state index in [1.165, 1.54) is 16.7 Å². The van der Waals surface area contributed by atoms with E-state index in [1.807, 2.05) is 24.3 Å². The minimum atomic E-state index is -0.503. The zero-order chi connectivity index (χ0) is 18.7. The highest BCUT2D eigenvalue weighted by molar-refractivity contribution is 9.10. The van der Waals surface area contributed by atoms with E-state index in [4.69, 9.17) is 11.6 Å². The fraction of sp³-hybridized carbons (Fsp3) is 0.167. The average Bonchev–Trinajstić information content (AvgIpc) is 2.87. The van der Waals surface area contributed by atoms with E-state index in [1.54, 1.807) is 31.3 Å². The number of hydrogen-bond acceptors (Lipinski definition) is 4. The quantitative estimate of drug-likeness (QED) is 0.732. The van der Waals surface area contributed by atoms with Gasteiger partial charge in [0.1, 0.15) is 5.25 Å². The number of anilines is 1. The van der Waals surface area contributed by atoms with Crippen LogP contribution in [0.1, 0.15) is 6.42 Å². The molecule has 3 rings (SSSR count). The van der Waals surface area contributed by atoms with Crippen molar-refractivity contribution in [3.63, 3.8) is 0 Å². The van der Waals surface area contributed by atoms with Gasteiger partial charge in [0.15, 0.2) is 5.17 Å². The Kier molecular flexibility index (Phi) is 6.01. The van der Waals surface area contributed by atoms with Gasteiger partial charge in [-0.25, -0.2) is 4.99 Å². The Balaban J connectivity index is 1.68. The largest absolute Gasteiger partial charge is 0.326 e. The van der Waals surface area contributed by atoms with E-state index in [0.29, 0.717) is 21.6 Å². The second kappa shape index (κ2) is 8.24. The number of amides is 2. The van der Waals surface area contributed by atoms with Crippen LogP contribution in [0.2, 0.25) is 5.02 Å². The molecule has 1 fully saturated rings. The number of thioether (sulfide) groups is 1. The second-order valence-electron chi connectivity index (χ2n) is 5.61. The van der Waals surface area contributed by atoms with Crippen molar-refractivity contribution in [2.45, 2.75) is 11.7 Å². The molecule has 1 aliphatic heterocycles. The maximum atomic E-state index is 12.4. The molecule has 5 nitrogen and oxygen atoms in total. The maximum Gasteiger partial charge on any atom is 0.242 e. The van der Waals surface area contributed by atoms with E-state index in [0.717, 1.165) is 4.47 Å².